The van der Waals surface area contributed by atoms with Crippen LogP contribution in [0.4, 0.5) is 10.6 Å². The molecule has 0 saturated carbocycles. The molecule has 0 aliphatic carbocycles. The third-order valence-corrected chi connectivity index (χ3v) is 3.40. The average Bonchev–Trinajstić information content (AvgIpc) is 3.01. The van der Waals surface area contributed by atoms with Crippen LogP contribution in [-0.2, 0) is 0 Å². The van der Waals surface area contributed by atoms with Gasteiger partial charge in [0.25, 0.3) is 0 Å². The van der Waals surface area contributed by atoms with E-state index < -0.39 is 0 Å². The van der Waals surface area contributed by atoms with Crippen LogP contribution < -0.4 is 15.4 Å². The highest BCUT2D eigenvalue weighted by Crippen LogP contribution is 2.22. The van der Waals surface area contributed by atoms with E-state index in [1.54, 1.807) is 12.3 Å². The fourth-order valence-electron chi connectivity index (χ4n) is 2.16. The minimum Gasteiger partial charge on any atom is -0.493 e. The van der Waals surface area contributed by atoms with Crippen molar-refractivity contribution in [2.24, 2.45) is 0 Å². The van der Waals surface area contributed by atoms with Gasteiger partial charge in [0.15, 0.2) is 11.6 Å². The molecule has 2 aromatic heterocycles. The molecule has 0 aliphatic rings. The van der Waals surface area contributed by atoms with Crippen LogP contribution in [0.5, 0.6) is 5.75 Å². The molecule has 2 heterocycles. The van der Waals surface area contributed by atoms with Crippen molar-refractivity contribution in [3.05, 3.63) is 42.0 Å². The smallest absolute Gasteiger partial charge is 0.320 e. The highest BCUT2D eigenvalue weighted by atomic mass is 16.5. The molecular weight excluding hydrogens is 296 g/mol. The van der Waals surface area contributed by atoms with E-state index >= 15 is 0 Å². The van der Waals surface area contributed by atoms with Gasteiger partial charge in [-0.25, -0.2) is 9.78 Å². The second-order valence-corrected chi connectivity index (χ2v) is 5.33. The van der Waals surface area contributed by atoms with Crippen LogP contribution in [0.1, 0.15) is 17.5 Å². The predicted octanol–water partition coefficient (Wildman–Crippen LogP) is 2.42. The normalized spacial score (nSPS) is 12.0. The maximum atomic E-state index is 12.1. The zero-order valence-corrected chi connectivity index (χ0v) is 13.8. The zero-order valence-electron chi connectivity index (χ0n) is 13.8. The lowest BCUT2D eigenvalue weighted by Crippen LogP contribution is -2.37. The van der Waals surface area contributed by atoms with E-state index in [2.05, 4.69) is 15.6 Å². The Morgan fingerprint density at radius 3 is 2.78 bits per heavy atom. The number of ether oxygens (including phenoxy) is 1. The van der Waals surface area contributed by atoms with E-state index in [1.165, 1.54) is 7.11 Å². The first-order valence-electron chi connectivity index (χ1n) is 7.27. The molecule has 1 unspecified atom stereocenters. The Morgan fingerprint density at radius 2 is 2.17 bits per heavy atom. The Kier molecular flexibility index (Phi) is 5.59. The first-order chi connectivity index (χ1) is 11.0. The van der Waals surface area contributed by atoms with Gasteiger partial charge in [0.1, 0.15) is 5.76 Å². The first kappa shape index (κ1) is 16.8. The van der Waals surface area contributed by atoms with Crippen LogP contribution in [0.3, 0.4) is 0 Å². The Bertz CT molecular complexity index is 641. The van der Waals surface area contributed by atoms with Gasteiger partial charge in [-0.1, -0.05) is 0 Å². The lowest BCUT2D eigenvalue weighted by Gasteiger charge is -2.22. The van der Waals surface area contributed by atoms with Crippen molar-refractivity contribution in [3.8, 4) is 5.75 Å². The molecule has 0 radical (unpaired) electrons. The van der Waals surface area contributed by atoms with E-state index in [0.29, 0.717) is 18.1 Å². The van der Waals surface area contributed by atoms with E-state index in [-0.39, 0.29) is 12.1 Å². The number of rotatable bonds is 6. The summed E-state index contributed by atoms with van der Waals surface area (Å²) in [5.41, 5.74) is 0.794. The number of carbonyl (C=O) groups is 1. The third-order valence-electron chi connectivity index (χ3n) is 3.40. The van der Waals surface area contributed by atoms with Crippen molar-refractivity contribution in [1.29, 1.82) is 0 Å². The lowest BCUT2D eigenvalue weighted by atomic mass is 10.2. The number of hydrogen-bond acceptors (Lipinski definition) is 5. The molecule has 0 fully saturated rings. The standard InChI is InChI=1S/C16H22N4O3/c1-11-7-8-14(22-4)15(18-11)19-16(21)17-10-12(20(2)3)13-6-5-9-23-13/h5-9,12H,10H2,1-4H3,(H2,17,18,19,21). The summed E-state index contributed by atoms with van der Waals surface area (Å²) < 4.78 is 10.6. The van der Waals surface area contributed by atoms with Crippen molar-refractivity contribution in [2.45, 2.75) is 13.0 Å². The monoisotopic (exact) mass is 318 g/mol. The van der Waals surface area contributed by atoms with Gasteiger partial charge in [-0.05, 0) is 45.3 Å². The zero-order chi connectivity index (χ0) is 16.8. The number of anilines is 1. The van der Waals surface area contributed by atoms with Gasteiger partial charge in [0.2, 0.25) is 0 Å². The maximum absolute atomic E-state index is 12.1. The van der Waals surface area contributed by atoms with Gasteiger partial charge in [-0.2, -0.15) is 0 Å². The predicted molar refractivity (Wildman–Crippen MR) is 87.7 cm³/mol. The molecule has 0 bridgehead atoms. The minimum absolute atomic E-state index is 0.0527. The largest absolute Gasteiger partial charge is 0.493 e. The van der Waals surface area contributed by atoms with E-state index in [4.69, 9.17) is 9.15 Å². The number of methoxy groups -OCH3 is 1. The van der Waals surface area contributed by atoms with Crippen molar-refractivity contribution < 1.29 is 13.9 Å². The third kappa shape index (κ3) is 4.46. The number of nitrogens with zero attached hydrogens (tertiary/aromatic N) is 2. The Morgan fingerprint density at radius 1 is 1.39 bits per heavy atom. The Balaban J connectivity index is 1.98. The molecule has 2 N–H and O–H groups in total. The quantitative estimate of drug-likeness (QED) is 0.855. The second kappa shape index (κ2) is 7.64. The number of nitrogens with one attached hydrogen (secondary N) is 2. The summed E-state index contributed by atoms with van der Waals surface area (Å²) in [4.78, 5) is 18.4. The molecule has 7 nitrogen and oxygen atoms in total. The fraction of sp³-hybridized carbons (Fsp3) is 0.375. The second-order valence-electron chi connectivity index (χ2n) is 5.33. The van der Waals surface area contributed by atoms with Gasteiger partial charge in [0.05, 0.1) is 19.4 Å². The molecule has 0 aliphatic heterocycles. The summed E-state index contributed by atoms with van der Waals surface area (Å²) in [5, 5.41) is 5.53. The van der Waals surface area contributed by atoms with Gasteiger partial charge in [-0.3, -0.25) is 10.2 Å². The summed E-state index contributed by atoms with van der Waals surface area (Å²) >= 11 is 0. The van der Waals surface area contributed by atoms with E-state index in [0.717, 1.165) is 11.5 Å². The van der Waals surface area contributed by atoms with Crippen molar-refractivity contribution in [2.75, 3.05) is 33.1 Å². The van der Waals surface area contributed by atoms with Crippen molar-refractivity contribution >= 4 is 11.8 Å². The van der Waals surface area contributed by atoms with Crippen molar-refractivity contribution in [1.82, 2.24) is 15.2 Å². The SMILES string of the molecule is COc1ccc(C)nc1NC(=O)NCC(c1ccco1)N(C)C. The minimum atomic E-state index is -0.347. The van der Waals surface area contributed by atoms with Gasteiger partial charge < -0.3 is 14.5 Å². The molecule has 23 heavy (non-hydrogen) atoms. The molecule has 1 atom stereocenters. The van der Waals surface area contributed by atoms with Crippen LogP contribution in [-0.4, -0.2) is 43.7 Å². The topological polar surface area (TPSA) is 79.6 Å². The first-order valence-corrected chi connectivity index (χ1v) is 7.27. The summed E-state index contributed by atoms with van der Waals surface area (Å²) in [5.74, 6) is 1.70. The number of urea groups is 1. The number of carbonyl (C=O) groups excluding carboxylic acids is 1. The maximum Gasteiger partial charge on any atom is 0.320 e. The van der Waals surface area contributed by atoms with Crippen LogP contribution in [0, 0.1) is 6.92 Å². The summed E-state index contributed by atoms with van der Waals surface area (Å²) in [7, 11) is 5.39. The van der Waals surface area contributed by atoms with Gasteiger partial charge >= 0.3 is 6.03 Å². The number of pyridine rings is 1. The van der Waals surface area contributed by atoms with Gasteiger partial charge in [-0.15, -0.1) is 0 Å². The van der Waals surface area contributed by atoms with Crippen LogP contribution in [0.25, 0.3) is 0 Å². The molecule has 124 valence electrons. The molecule has 2 amide bonds. The highest BCUT2D eigenvalue weighted by molar-refractivity contribution is 5.89. The summed E-state index contributed by atoms with van der Waals surface area (Å²) in [6, 6.07) is 6.90. The Hall–Kier alpha value is -2.54. The van der Waals surface area contributed by atoms with E-state index in [9.17, 15) is 4.79 Å². The van der Waals surface area contributed by atoms with Crippen molar-refractivity contribution in [3.63, 3.8) is 0 Å². The molecule has 0 saturated heterocycles. The molecule has 0 spiro atoms. The number of hydrogen-bond donors (Lipinski definition) is 2. The molecule has 2 aromatic rings. The molecule has 0 aromatic carbocycles. The molecule has 2 rings (SSSR count). The number of aromatic nitrogens is 1. The number of aryl methyl sites for hydroxylation is 1. The highest BCUT2D eigenvalue weighted by Gasteiger charge is 2.18. The fourth-order valence-corrected chi connectivity index (χ4v) is 2.16. The number of likely N-dealkylation sites (N-methyl/N-ethyl adjacent to an activating group) is 1. The Labute approximate surface area is 135 Å². The average molecular weight is 318 g/mol. The van der Waals surface area contributed by atoms with E-state index in [1.807, 2.05) is 44.1 Å². The van der Waals surface area contributed by atoms with Crippen LogP contribution in [0.2, 0.25) is 0 Å². The van der Waals surface area contributed by atoms with Crippen LogP contribution in [0.15, 0.2) is 34.9 Å². The summed E-state index contributed by atoms with van der Waals surface area (Å²) in [6.07, 6.45) is 1.62. The lowest BCUT2D eigenvalue weighted by molar-refractivity contribution is 0.233. The number of furan rings is 1. The summed E-state index contributed by atoms with van der Waals surface area (Å²) in [6.45, 7) is 2.25. The van der Waals surface area contributed by atoms with Gasteiger partial charge in [0, 0.05) is 12.2 Å². The molecular formula is C16H22N4O3. The number of amides is 2. The van der Waals surface area contributed by atoms with Crippen LogP contribution >= 0.6 is 0 Å². The molecule has 7 heteroatoms.